The molecule has 0 amide bonds. The Labute approximate surface area is 109 Å². The lowest BCUT2D eigenvalue weighted by atomic mass is 10.1. The maximum absolute atomic E-state index is 12.5. The van der Waals surface area contributed by atoms with Crippen molar-refractivity contribution >= 4 is 5.69 Å². The molecule has 0 radical (unpaired) electrons. The molecule has 0 unspecified atom stereocenters. The highest BCUT2D eigenvalue weighted by Crippen LogP contribution is 2.31. The maximum atomic E-state index is 12.5. The van der Waals surface area contributed by atoms with Gasteiger partial charge in [0.1, 0.15) is 6.07 Å². The Morgan fingerprint density at radius 1 is 1.16 bits per heavy atom. The lowest BCUT2D eigenvalue weighted by Gasteiger charge is -2.11. The van der Waals surface area contributed by atoms with E-state index in [0.717, 1.165) is 18.6 Å². The predicted molar refractivity (Wildman–Crippen MR) is 64.1 cm³/mol. The topological polar surface area (TPSA) is 59.6 Å². The van der Waals surface area contributed by atoms with Gasteiger partial charge in [0, 0.05) is 13.0 Å². The van der Waals surface area contributed by atoms with Crippen molar-refractivity contribution in [2.45, 2.75) is 25.4 Å². The molecule has 0 atom stereocenters. The second-order valence-corrected chi connectivity index (χ2v) is 3.91. The molecule has 3 nitrogen and oxygen atoms in total. The third-order valence-corrected chi connectivity index (χ3v) is 2.50. The van der Waals surface area contributed by atoms with Gasteiger partial charge in [0.25, 0.3) is 0 Å². The first-order chi connectivity index (χ1) is 8.99. The van der Waals surface area contributed by atoms with Crippen molar-refractivity contribution in [3.8, 4) is 12.1 Å². The van der Waals surface area contributed by atoms with Gasteiger partial charge in [-0.1, -0.05) is 0 Å². The quantitative estimate of drug-likeness (QED) is 0.828. The van der Waals surface area contributed by atoms with Gasteiger partial charge in [-0.15, -0.1) is 0 Å². The van der Waals surface area contributed by atoms with Crippen LogP contribution in [0.1, 0.15) is 30.4 Å². The fourth-order valence-electron chi connectivity index (χ4n) is 1.52. The van der Waals surface area contributed by atoms with Crippen LogP contribution in [-0.4, -0.2) is 6.54 Å². The number of hydrogen-bond donors (Lipinski definition) is 1. The van der Waals surface area contributed by atoms with Crippen molar-refractivity contribution in [3.63, 3.8) is 0 Å². The number of alkyl halides is 3. The summed E-state index contributed by atoms with van der Waals surface area (Å²) in [5.74, 6) is 0. The van der Waals surface area contributed by atoms with E-state index in [9.17, 15) is 13.2 Å². The van der Waals surface area contributed by atoms with E-state index in [1.165, 1.54) is 6.07 Å². The average Bonchev–Trinajstić information content (AvgIpc) is 2.37. The summed E-state index contributed by atoms with van der Waals surface area (Å²) in [6.07, 6.45) is -2.57. The number of halogens is 3. The van der Waals surface area contributed by atoms with Gasteiger partial charge >= 0.3 is 6.18 Å². The van der Waals surface area contributed by atoms with E-state index in [1.54, 1.807) is 6.07 Å². The molecule has 0 saturated carbocycles. The van der Waals surface area contributed by atoms with Gasteiger partial charge in [0.15, 0.2) is 0 Å². The van der Waals surface area contributed by atoms with E-state index in [1.807, 2.05) is 6.07 Å². The maximum Gasteiger partial charge on any atom is 0.416 e. The highest BCUT2D eigenvalue weighted by Gasteiger charge is 2.30. The van der Waals surface area contributed by atoms with Gasteiger partial charge in [-0.05, 0) is 31.0 Å². The molecule has 0 bridgehead atoms. The lowest BCUT2D eigenvalue weighted by Crippen LogP contribution is -2.08. The molecular formula is C13H12F3N3. The molecule has 1 rings (SSSR count). The highest BCUT2D eigenvalue weighted by molar-refractivity contribution is 5.58. The van der Waals surface area contributed by atoms with Crippen molar-refractivity contribution in [1.82, 2.24) is 0 Å². The van der Waals surface area contributed by atoms with E-state index in [4.69, 9.17) is 10.5 Å². The van der Waals surface area contributed by atoms with Crippen LogP contribution in [0.5, 0.6) is 0 Å². The number of nitrogens with one attached hydrogen (secondary N) is 1. The lowest BCUT2D eigenvalue weighted by molar-refractivity contribution is -0.137. The molecule has 0 saturated heterocycles. The van der Waals surface area contributed by atoms with Crippen LogP contribution in [0, 0.1) is 22.7 Å². The third-order valence-electron chi connectivity index (χ3n) is 2.50. The number of benzene rings is 1. The van der Waals surface area contributed by atoms with Crippen LogP contribution in [0.25, 0.3) is 0 Å². The summed E-state index contributed by atoms with van der Waals surface area (Å²) in [5.41, 5.74) is -0.485. The zero-order valence-electron chi connectivity index (χ0n) is 10.1. The van der Waals surface area contributed by atoms with Gasteiger partial charge in [-0.2, -0.15) is 23.7 Å². The monoisotopic (exact) mass is 267 g/mol. The molecule has 0 aromatic heterocycles. The fraction of sp³-hybridized carbons (Fsp3) is 0.385. The first-order valence-electron chi connectivity index (χ1n) is 5.71. The van der Waals surface area contributed by atoms with Crippen LogP contribution in [0.3, 0.4) is 0 Å². The Balaban J connectivity index is 2.70. The van der Waals surface area contributed by atoms with Crippen LogP contribution in [0.2, 0.25) is 0 Å². The number of hydrogen-bond acceptors (Lipinski definition) is 3. The molecule has 1 N–H and O–H groups in total. The van der Waals surface area contributed by atoms with Crippen LogP contribution < -0.4 is 5.32 Å². The molecule has 0 heterocycles. The molecule has 1 aromatic rings. The number of unbranched alkanes of at least 4 members (excludes halogenated alkanes) is 2. The molecule has 0 aliphatic carbocycles. The molecule has 0 aliphatic rings. The Morgan fingerprint density at radius 2 is 1.89 bits per heavy atom. The van der Waals surface area contributed by atoms with Gasteiger partial charge in [-0.25, -0.2) is 0 Å². The summed E-state index contributed by atoms with van der Waals surface area (Å²) in [5, 5.41) is 20.1. The Hall–Kier alpha value is -2.21. The molecule has 1 aromatic carbocycles. The van der Waals surface area contributed by atoms with Gasteiger partial charge in [0.05, 0.1) is 22.9 Å². The Bertz CT molecular complexity index is 509. The minimum absolute atomic E-state index is 0.0323. The van der Waals surface area contributed by atoms with Crippen molar-refractivity contribution in [1.29, 1.82) is 10.5 Å². The minimum atomic E-state index is -4.45. The molecule has 0 aliphatic heterocycles. The number of anilines is 1. The standard InChI is InChI=1S/C13H12F3N3/c14-13(15,16)11-4-5-12(10(8-11)9-18)19-7-3-1-2-6-17/h4-5,8,19H,1-3,7H2. The molecule has 100 valence electrons. The molecule has 6 heteroatoms. The fourth-order valence-corrected chi connectivity index (χ4v) is 1.52. The number of rotatable bonds is 5. The normalized spacial score (nSPS) is 10.6. The van der Waals surface area contributed by atoms with Gasteiger partial charge in [-0.3, -0.25) is 0 Å². The minimum Gasteiger partial charge on any atom is -0.384 e. The van der Waals surface area contributed by atoms with Crippen molar-refractivity contribution in [3.05, 3.63) is 29.3 Å². The second kappa shape index (κ2) is 6.65. The van der Waals surface area contributed by atoms with Crippen molar-refractivity contribution in [2.24, 2.45) is 0 Å². The summed E-state index contributed by atoms with van der Waals surface area (Å²) in [4.78, 5) is 0. The van der Waals surface area contributed by atoms with Gasteiger partial charge in [0.2, 0.25) is 0 Å². The molecular weight excluding hydrogens is 255 g/mol. The van der Waals surface area contributed by atoms with Crippen molar-refractivity contribution < 1.29 is 13.2 Å². The smallest absolute Gasteiger partial charge is 0.384 e. The summed E-state index contributed by atoms with van der Waals surface area (Å²) >= 11 is 0. The van der Waals surface area contributed by atoms with E-state index in [2.05, 4.69) is 5.32 Å². The number of nitrogens with zero attached hydrogens (tertiary/aromatic N) is 2. The van der Waals surface area contributed by atoms with E-state index in [0.29, 0.717) is 25.1 Å². The summed E-state index contributed by atoms with van der Waals surface area (Å²) < 4.78 is 37.4. The zero-order chi connectivity index (χ0) is 14.3. The first kappa shape index (κ1) is 14.8. The van der Waals surface area contributed by atoms with E-state index in [-0.39, 0.29) is 5.56 Å². The average molecular weight is 267 g/mol. The first-order valence-corrected chi connectivity index (χ1v) is 5.71. The van der Waals surface area contributed by atoms with Crippen LogP contribution in [0.4, 0.5) is 18.9 Å². The predicted octanol–water partition coefficient (Wildman–Crippen LogP) is 3.68. The van der Waals surface area contributed by atoms with Crippen LogP contribution >= 0.6 is 0 Å². The Kier molecular flexibility index (Phi) is 5.20. The van der Waals surface area contributed by atoms with E-state index < -0.39 is 11.7 Å². The molecule has 0 spiro atoms. The van der Waals surface area contributed by atoms with Crippen molar-refractivity contribution in [2.75, 3.05) is 11.9 Å². The molecule has 0 fully saturated rings. The highest BCUT2D eigenvalue weighted by atomic mass is 19.4. The summed E-state index contributed by atoms with van der Waals surface area (Å²) in [6, 6.07) is 6.78. The van der Waals surface area contributed by atoms with E-state index >= 15 is 0 Å². The number of nitriles is 2. The third kappa shape index (κ3) is 4.51. The molecule has 19 heavy (non-hydrogen) atoms. The summed E-state index contributed by atoms with van der Waals surface area (Å²) in [7, 11) is 0. The van der Waals surface area contributed by atoms with Gasteiger partial charge < -0.3 is 5.32 Å². The van der Waals surface area contributed by atoms with Crippen LogP contribution in [0.15, 0.2) is 18.2 Å². The SMILES string of the molecule is N#CCCCCNc1ccc(C(F)(F)F)cc1C#N. The van der Waals surface area contributed by atoms with Crippen LogP contribution in [-0.2, 0) is 6.18 Å². The second-order valence-electron chi connectivity index (χ2n) is 3.91. The largest absolute Gasteiger partial charge is 0.416 e. The zero-order valence-corrected chi connectivity index (χ0v) is 10.1. The Morgan fingerprint density at radius 3 is 2.47 bits per heavy atom. The summed E-state index contributed by atoms with van der Waals surface area (Å²) in [6.45, 7) is 0.516.